The molecule has 1 fully saturated rings. The molecule has 3 heterocycles. The number of hydrogen-bond donors (Lipinski definition) is 1. The molecule has 1 N–H and O–H groups in total. The summed E-state index contributed by atoms with van der Waals surface area (Å²) in [6.45, 7) is 6.29. The first-order valence-corrected chi connectivity index (χ1v) is 8.49. The summed E-state index contributed by atoms with van der Waals surface area (Å²) in [6, 6.07) is 3.60. The van der Waals surface area contributed by atoms with E-state index in [1.165, 1.54) is 0 Å². The summed E-state index contributed by atoms with van der Waals surface area (Å²) in [7, 11) is 0. The first-order valence-electron chi connectivity index (χ1n) is 8.11. The van der Waals surface area contributed by atoms with Crippen molar-refractivity contribution >= 4 is 17.4 Å². The quantitative estimate of drug-likeness (QED) is 0.919. The number of anilines is 1. The largest absolute Gasteiger partial charge is 0.375 e. The van der Waals surface area contributed by atoms with Crippen LogP contribution in [0.2, 0.25) is 5.02 Å². The SMILES string of the molecule is CC(C)CC1CN(c2nc(-c3ccncc3)[nH]c(=O)c2Cl)CCO1. The lowest BCUT2D eigenvalue weighted by Crippen LogP contribution is -2.44. The van der Waals surface area contributed by atoms with Gasteiger partial charge in [0.25, 0.3) is 5.56 Å². The van der Waals surface area contributed by atoms with E-state index in [2.05, 4.69) is 28.8 Å². The highest BCUT2D eigenvalue weighted by Gasteiger charge is 2.25. The maximum atomic E-state index is 12.2. The highest BCUT2D eigenvalue weighted by atomic mass is 35.5. The second-order valence-electron chi connectivity index (χ2n) is 6.36. The Morgan fingerprint density at radius 1 is 1.42 bits per heavy atom. The van der Waals surface area contributed by atoms with Crippen LogP contribution in [-0.4, -0.2) is 40.8 Å². The van der Waals surface area contributed by atoms with Crippen molar-refractivity contribution in [2.75, 3.05) is 24.6 Å². The van der Waals surface area contributed by atoms with Crippen molar-refractivity contribution in [2.45, 2.75) is 26.4 Å². The predicted octanol–water partition coefficient (Wildman–Crippen LogP) is 2.74. The summed E-state index contributed by atoms with van der Waals surface area (Å²) in [6.07, 6.45) is 4.42. The molecule has 1 unspecified atom stereocenters. The minimum atomic E-state index is -0.333. The number of morpholine rings is 1. The number of aromatic amines is 1. The number of H-pyrrole nitrogens is 1. The van der Waals surface area contributed by atoms with Crippen molar-refractivity contribution in [1.82, 2.24) is 15.0 Å². The minimum Gasteiger partial charge on any atom is -0.375 e. The van der Waals surface area contributed by atoms with Crippen molar-refractivity contribution in [3.05, 3.63) is 39.9 Å². The van der Waals surface area contributed by atoms with Crippen LogP contribution in [0.1, 0.15) is 20.3 Å². The Bertz CT molecular complexity index is 748. The maximum absolute atomic E-state index is 12.2. The molecule has 0 spiro atoms. The number of nitrogens with one attached hydrogen (secondary N) is 1. The van der Waals surface area contributed by atoms with E-state index in [-0.39, 0.29) is 16.7 Å². The number of rotatable bonds is 4. The van der Waals surface area contributed by atoms with Crippen LogP contribution < -0.4 is 10.5 Å². The third kappa shape index (κ3) is 3.76. The zero-order chi connectivity index (χ0) is 17.1. The third-order valence-electron chi connectivity index (χ3n) is 3.97. The van der Waals surface area contributed by atoms with Gasteiger partial charge in [-0.05, 0) is 24.5 Å². The Morgan fingerprint density at radius 2 is 2.17 bits per heavy atom. The normalized spacial score (nSPS) is 18.2. The van der Waals surface area contributed by atoms with Gasteiger partial charge in [0.1, 0.15) is 10.8 Å². The van der Waals surface area contributed by atoms with Crippen LogP contribution in [0.4, 0.5) is 5.82 Å². The third-order valence-corrected chi connectivity index (χ3v) is 4.31. The molecule has 0 radical (unpaired) electrons. The van der Waals surface area contributed by atoms with E-state index >= 15 is 0 Å². The number of nitrogens with zero attached hydrogens (tertiary/aromatic N) is 3. The van der Waals surface area contributed by atoms with Crippen molar-refractivity contribution < 1.29 is 4.74 Å². The Kier molecular flexibility index (Phi) is 5.16. The molecule has 2 aromatic heterocycles. The second-order valence-corrected chi connectivity index (χ2v) is 6.73. The standard InChI is InChI=1S/C17H21ClN4O2/c1-11(2)9-13-10-22(7-8-24-13)16-14(18)17(23)21-15(20-16)12-3-5-19-6-4-12/h3-6,11,13H,7-10H2,1-2H3,(H,20,21,23). The van der Waals surface area contributed by atoms with Gasteiger partial charge in [0.05, 0.1) is 12.7 Å². The van der Waals surface area contributed by atoms with Gasteiger partial charge in [-0.3, -0.25) is 9.78 Å². The van der Waals surface area contributed by atoms with Crippen LogP contribution in [0.25, 0.3) is 11.4 Å². The first-order chi connectivity index (χ1) is 11.5. The molecule has 2 aromatic rings. The van der Waals surface area contributed by atoms with E-state index in [1.807, 2.05) is 4.90 Å². The molecule has 0 aliphatic carbocycles. The van der Waals surface area contributed by atoms with Crippen molar-refractivity contribution in [1.29, 1.82) is 0 Å². The lowest BCUT2D eigenvalue weighted by molar-refractivity contribution is 0.0273. The van der Waals surface area contributed by atoms with E-state index in [0.29, 0.717) is 37.3 Å². The molecule has 128 valence electrons. The van der Waals surface area contributed by atoms with Gasteiger partial charge in [-0.1, -0.05) is 25.4 Å². The van der Waals surface area contributed by atoms with Crippen LogP contribution in [-0.2, 0) is 4.74 Å². The number of pyridine rings is 1. The molecular weight excluding hydrogens is 328 g/mol. The molecule has 0 amide bonds. The van der Waals surface area contributed by atoms with Gasteiger partial charge in [-0.2, -0.15) is 0 Å². The fraction of sp³-hybridized carbons (Fsp3) is 0.471. The summed E-state index contributed by atoms with van der Waals surface area (Å²) >= 11 is 6.24. The minimum absolute atomic E-state index is 0.123. The van der Waals surface area contributed by atoms with Crippen molar-refractivity contribution in [2.24, 2.45) is 5.92 Å². The zero-order valence-electron chi connectivity index (χ0n) is 13.8. The summed E-state index contributed by atoms with van der Waals surface area (Å²) in [5.41, 5.74) is 0.465. The van der Waals surface area contributed by atoms with Crippen molar-refractivity contribution in [3.8, 4) is 11.4 Å². The molecule has 7 heteroatoms. The van der Waals surface area contributed by atoms with Gasteiger partial charge in [0.15, 0.2) is 5.82 Å². The van der Waals surface area contributed by atoms with E-state index in [0.717, 1.165) is 12.0 Å². The first kappa shape index (κ1) is 16.9. The summed E-state index contributed by atoms with van der Waals surface area (Å²) in [5, 5.41) is 0.123. The molecule has 0 aromatic carbocycles. The summed E-state index contributed by atoms with van der Waals surface area (Å²) < 4.78 is 5.82. The average molecular weight is 349 g/mol. The van der Waals surface area contributed by atoms with Gasteiger partial charge in [0, 0.05) is 31.0 Å². The summed E-state index contributed by atoms with van der Waals surface area (Å²) in [4.78, 5) is 25.6. The number of halogens is 1. The van der Waals surface area contributed by atoms with Crippen LogP contribution in [0.3, 0.4) is 0 Å². The molecular formula is C17H21ClN4O2. The van der Waals surface area contributed by atoms with Gasteiger partial charge in [0.2, 0.25) is 0 Å². The highest BCUT2D eigenvalue weighted by molar-refractivity contribution is 6.32. The Balaban J connectivity index is 1.92. The second kappa shape index (κ2) is 7.32. The van der Waals surface area contributed by atoms with Crippen LogP contribution >= 0.6 is 11.6 Å². The number of hydrogen-bond acceptors (Lipinski definition) is 5. The molecule has 0 bridgehead atoms. The van der Waals surface area contributed by atoms with Crippen LogP contribution in [0, 0.1) is 5.92 Å². The maximum Gasteiger partial charge on any atom is 0.272 e. The Labute approximate surface area is 145 Å². The van der Waals surface area contributed by atoms with E-state index in [1.54, 1.807) is 24.5 Å². The fourth-order valence-corrected chi connectivity index (χ4v) is 3.09. The molecule has 1 aliphatic heterocycles. The van der Waals surface area contributed by atoms with Crippen molar-refractivity contribution in [3.63, 3.8) is 0 Å². The number of ether oxygens (including phenoxy) is 1. The lowest BCUT2D eigenvalue weighted by atomic mass is 10.0. The van der Waals surface area contributed by atoms with Crippen LogP contribution in [0.15, 0.2) is 29.3 Å². The molecule has 1 aliphatic rings. The fourth-order valence-electron chi connectivity index (χ4n) is 2.88. The molecule has 3 rings (SSSR count). The van der Waals surface area contributed by atoms with Gasteiger partial charge in [-0.25, -0.2) is 4.98 Å². The predicted molar refractivity (Wildman–Crippen MR) is 94.5 cm³/mol. The van der Waals surface area contributed by atoms with E-state index < -0.39 is 0 Å². The summed E-state index contributed by atoms with van der Waals surface area (Å²) in [5.74, 6) is 1.56. The molecule has 1 saturated heterocycles. The molecule has 1 atom stereocenters. The Hall–Kier alpha value is -1.92. The van der Waals surface area contributed by atoms with Gasteiger partial charge >= 0.3 is 0 Å². The number of aromatic nitrogens is 3. The molecule has 24 heavy (non-hydrogen) atoms. The zero-order valence-corrected chi connectivity index (χ0v) is 14.6. The van der Waals surface area contributed by atoms with E-state index in [9.17, 15) is 4.79 Å². The Morgan fingerprint density at radius 3 is 2.88 bits per heavy atom. The smallest absolute Gasteiger partial charge is 0.272 e. The molecule has 0 saturated carbocycles. The topological polar surface area (TPSA) is 71.1 Å². The lowest BCUT2D eigenvalue weighted by Gasteiger charge is -2.34. The van der Waals surface area contributed by atoms with E-state index in [4.69, 9.17) is 16.3 Å². The monoisotopic (exact) mass is 348 g/mol. The average Bonchev–Trinajstić information content (AvgIpc) is 2.57. The van der Waals surface area contributed by atoms with Crippen LogP contribution in [0.5, 0.6) is 0 Å². The van der Waals surface area contributed by atoms with Gasteiger partial charge < -0.3 is 14.6 Å². The highest BCUT2D eigenvalue weighted by Crippen LogP contribution is 2.25. The van der Waals surface area contributed by atoms with Gasteiger partial charge in [-0.15, -0.1) is 0 Å². The molecule has 6 nitrogen and oxygen atoms in total.